The van der Waals surface area contributed by atoms with Crippen LogP contribution in [0.1, 0.15) is 44.7 Å². The van der Waals surface area contributed by atoms with Crippen LogP contribution >= 0.6 is 11.3 Å². The fourth-order valence-electron chi connectivity index (χ4n) is 3.23. The van der Waals surface area contributed by atoms with Crippen LogP contribution in [0.3, 0.4) is 0 Å². The van der Waals surface area contributed by atoms with E-state index in [0.29, 0.717) is 18.0 Å². The van der Waals surface area contributed by atoms with E-state index in [0.717, 1.165) is 13.1 Å². The molecular weight excluding hydrogens is 228 g/mol. The fourth-order valence-corrected chi connectivity index (χ4v) is 3.98. The van der Waals surface area contributed by atoms with Crippen molar-refractivity contribution in [2.24, 2.45) is 11.7 Å². The molecule has 1 aromatic rings. The molecule has 0 spiro atoms. The van der Waals surface area contributed by atoms with Gasteiger partial charge in [-0.2, -0.15) is 11.3 Å². The highest BCUT2D eigenvalue weighted by Crippen LogP contribution is 2.34. The van der Waals surface area contributed by atoms with Gasteiger partial charge in [0.25, 0.3) is 0 Å². The highest BCUT2D eigenvalue weighted by molar-refractivity contribution is 7.07. The molecule has 1 aromatic heterocycles. The van der Waals surface area contributed by atoms with Crippen LogP contribution in [0.5, 0.6) is 0 Å². The van der Waals surface area contributed by atoms with Gasteiger partial charge < -0.3 is 5.73 Å². The number of hydrogen-bond acceptors (Lipinski definition) is 3. The van der Waals surface area contributed by atoms with Crippen LogP contribution in [-0.4, -0.2) is 24.0 Å². The van der Waals surface area contributed by atoms with Crippen LogP contribution in [0.25, 0.3) is 0 Å². The Balaban J connectivity index is 2.10. The molecule has 0 radical (unpaired) electrons. The van der Waals surface area contributed by atoms with Gasteiger partial charge >= 0.3 is 0 Å². The lowest BCUT2D eigenvalue weighted by Crippen LogP contribution is -2.41. The Morgan fingerprint density at radius 1 is 1.53 bits per heavy atom. The van der Waals surface area contributed by atoms with Gasteiger partial charge in [-0.05, 0) is 61.2 Å². The maximum atomic E-state index is 5.91. The molecule has 0 bridgehead atoms. The first kappa shape index (κ1) is 13.1. The smallest absolute Gasteiger partial charge is 0.0331 e. The molecular formula is C14H24N2S. The van der Waals surface area contributed by atoms with E-state index < -0.39 is 0 Å². The number of hydrogen-bond donors (Lipinski definition) is 1. The van der Waals surface area contributed by atoms with Crippen molar-refractivity contribution in [1.82, 2.24) is 4.90 Å². The Labute approximate surface area is 109 Å². The minimum Gasteiger partial charge on any atom is -0.330 e. The number of nitrogens with two attached hydrogens (primary N) is 1. The van der Waals surface area contributed by atoms with Crippen molar-refractivity contribution in [1.29, 1.82) is 0 Å². The van der Waals surface area contributed by atoms with E-state index in [1.165, 1.54) is 24.8 Å². The largest absolute Gasteiger partial charge is 0.330 e. The Morgan fingerprint density at radius 3 is 2.94 bits per heavy atom. The zero-order chi connectivity index (χ0) is 12.3. The molecule has 2 rings (SSSR count). The second-order valence-electron chi connectivity index (χ2n) is 5.06. The normalized spacial score (nSPS) is 26.6. The fraction of sp³-hybridized carbons (Fsp3) is 0.714. The molecule has 0 amide bonds. The molecule has 1 saturated carbocycles. The van der Waals surface area contributed by atoms with Crippen LogP contribution < -0.4 is 5.73 Å². The van der Waals surface area contributed by atoms with Gasteiger partial charge in [-0.1, -0.05) is 13.3 Å². The molecule has 2 N–H and O–H groups in total. The summed E-state index contributed by atoms with van der Waals surface area (Å²) in [7, 11) is 0. The molecule has 1 aliphatic rings. The monoisotopic (exact) mass is 252 g/mol. The molecule has 1 aliphatic carbocycles. The first-order valence-corrected chi connectivity index (χ1v) is 7.70. The van der Waals surface area contributed by atoms with Gasteiger partial charge in [0, 0.05) is 12.1 Å². The van der Waals surface area contributed by atoms with Gasteiger partial charge in [0.15, 0.2) is 0 Å². The van der Waals surface area contributed by atoms with Gasteiger partial charge in [0.1, 0.15) is 0 Å². The third kappa shape index (κ3) is 2.72. The van der Waals surface area contributed by atoms with Crippen molar-refractivity contribution in [3.8, 4) is 0 Å². The Bertz CT molecular complexity index is 323. The van der Waals surface area contributed by atoms with Crippen LogP contribution in [0.4, 0.5) is 0 Å². The van der Waals surface area contributed by atoms with E-state index in [1.807, 2.05) is 0 Å². The highest BCUT2D eigenvalue weighted by atomic mass is 32.1. The van der Waals surface area contributed by atoms with Crippen LogP contribution in [0, 0.1) is 5.92 Å². The van der Waals surface area contributed by atoms with Gasteiger partial charge in [-0.15, -0.1) is 0 Å². The Kier molecular flexibility index (Phi) is 4.60. The van der Waals surface area contributed by atoms with Gasteiger partial charge in [-0.3, -0.25) is 4.90 Å². The maximum absolute atomic E-state index is 5.91. The van der Waals surface area contributed by atoms with E-state index >= 15 is 0 Å². The third-order valence-corrected chi connectivity index (χ3v) is 4.94. The Hall–Kier alpha value is -0.380. The second-order valence-corrected chi connectivity index (χ2v) is 5.84. The molecule has 0 aromatic carbocycles. The summed E-state index contributed by atoms with van der Waals surface area (Å²) >= 11 is 1.79. The average molecular weight is 252 g/mol. The lowest BCUT2D eigenvalue weighted by molar-refractivity contribution is 0.123. The summed E-state index contributed by atoms with van der Waals surface area (Å²) in [6, 6.07) is 3.48. The lowest BCUT2D eigenvalue weighted by Gasteiger charge is -2.36. The summed E-state index contributed by atoms with van der Waals surface area (Å²) in [5.74, 6) is 0.705. The van der Waals surface area contributed by atoms with E-state index in [1.54, 1.807) is 11.3 Å². The summed E-state index contributed by atoms with van der Waals surface area (Å²) in [6.45, 7) is 6.57. The molecule has 3 atom stereocenters. The molecule has 3 heteroatoms. The molecule has 96 valence electrons. The summed E-state index contributed by atoms with van der Waals surface area (Å²) in [4.78, 5) is 2.65. The van der Waals surface area contributed by atoms with Crippen molar-refractivity contribution < 1.29 is 0 Å². The molecule has 1 fully saturated rings. The van der Waals surface area contributed by atoms with Crippen molar-refractivity contribution >= 4 is 11.3 Å². The molecule has 0 aliphatic heterocycles. The SMILES string of the molecule is CCN(C(C)c1ccsc1)C1CCCC1CN. The second kappa shape index (κ2) is 5.98. The zero-order valence-corrected chi connectivity index (χ0v) is 11.7. The molecule has 3 unspecified atom stereocenters. The van der Waals surface area contributed by atoms with Gasteiger partial charge in [0.2, 0.25) is 0 Å². The van der Waals surface area contributed by atoms with Crippen LogP contribution in [-0.2, 0) is 0 Å². The van der Waals surface area contributed by atoms with Crippen molar-refractivity contribution in [2.75, 3.05) is 13.1 Å². The van der Waals surface area contributed by atoms with Crippen molar-refractivity contribution in [3.05, 3.63) is 22.4 Å². The van der Waals surface area contributed by atoms with Crippen LogP contribution in [0.2, 0.25) is 0 Å². The summed E-state index contributed by atoms with van der Waals surface area (Å²) in [6.07, 6.45) is 3.98. The van der Waals surface area contributed by atoms with Gasteiger partial charge in [-0.25, -0.2) is 0 Å². The van der Waals surface area contributed by atoms with E-state index in [2.05, 4.69) is 35.6 Å². The Morgan fingerprint density at radius 2 is 2.35 bits per heavy atom. The summed E-state index contributed by atoms with van der Waals surface area (Å²) < 4.78 is 0. The predicted molar refractivity (Wildman–Crippen MR) is 75.3 cm³/mol. The summed E-state index contributed by atoms with van der Waals surface area (Å²) in [5, 5.41) is 4.45. The summed E-state index contributed by atoms with van der Waals surface area (Å²) in [5.41, 5.74) is 7.37. The maximum Gasteiger partial charge on any atom is 0.0331 e. The minimum absolute atomic E-state index is 0.531. The molecule has 0 saturated heterocycles. The molecule has 2 nitrogen and oxygen atoms in total. The first-order chi connectivity index (χ1) is 8.27. The third-order valence-electron chi connectivity index (χ3n) is 4.24. The minimum atomic E-state index is 0.531. The molecule has 1 heterocycles. The lowest BCUT2D eigenvalue weighted by atomic mass is 9.99. The topological polar surface area (TPSA) is 29.3 Å². The highest BCUT2D eigenvalue weighted by Gasteiger charge is 2.33. The van der Waals surface area contributed by atoms with E-state index in [4.69, 9.17) is 5.73 Å². The van der Waals surface area contributed by atoms with Crippen molar-refractivity contribution in [2.45, 2.75) is 45.2 Å². The molecule has 17 heavy (non-hydrogen) atoms. The van der Waals surface area contributed by atoms with E-state index in [-0.39, 0.29) is 0 Å². The standard InChI is InChI=1S/C14H24N2S/c1-3-16(11(2)13-7-8-17-10-13)14-6-4-5-12(14)9-15/h7-8,10-12,14H,3-6,9,15H2,1-2H3. The first-order valence-electron chi connectivity index (χ1n) is 6.75. The quantitative estimate of drug-likeness (QED) is 0.871. The number of rotatable bonds is 5. The average Bonchev–Trinajstić information content (AvgIpc) is 3.01. The van der Waals surface area contributed by atoms with E-state index in [9.17, 15) is 0 Å². The zero-order valence-electron chi connectivity index (χ0n) is 10.9. The number of thiophene rings is 1. The van der Waals surface area contributed by atoms with Crippen LogP contribution in [0.15, 0.2) is 16.8 Å². The number of nitrogens with zero attached hydrogens (tertiary/aromatic N) is 1. The van der Waals surface area contributed by atoms with Gasteiger partial charge in [0.05, 0.1) is 0 Å². The predicted octanol–water partition coefficient (Wildman–Crippen LogP) is 3.26. The van der Waals surface area contributed by atoms with Crippen molar-refractivity contribution in [3.63, 3.8) is 0 Å².